The van der Waals surface area contributed by atoms with Crippen molar-refractivity contribution in [3.63, 3.8) is 0 Å². The first kappa shape index (κ1) is 12.2. The molecular weight excluding hydrogens is 225 g/mol. The van der Waals surface area contributed by atoms with Crippen LogP contribution in [0, 0.1) is 5.41 Å². The van der Waals surface area contributed by atoms with Crippen LogP contribution in [-0.2, 0) is 0 Å². The van der Waals surface area contributed by atoms with Gasteiger partial charge >= 0.3 is 6.18 Å². The summed E-state index contributed by atoms with van der Waals surface area (Å²) in [5, 5.41) is 7.09. The summed E-state index contributed by atoms with van der Waals surface area (Å²) in [6.07, 6.45) is -4.18. The van der Waals surface area contributed by atoms with Gasteiger partial charge in [-0.2, -0.15) is 13.2 Å². The lowest BCUT2D eigenvalue weighted by atomic mass is 10.3. The number of amidine groups is 1. The molecule has 1 aromatic heterocycles. The van der Waals surface area contributed by atoms with Gasteiger partial charge in [-0.15, -0.1) is 0 Å². The second-order valence-electron chi connectivity index (χ2n) is 2.93. The zero-order chi connectivity index (χ0) is 12.3. The smallest absolute Gasteiger partial charge is 0.425 e. The molecule has 0 aliphatic carbocycles. The van der Waals surface area contributed by atoms with E-state index in [1.165, 1.54) is 6.20 Å². The Balaban J connectivity index is 2.93. The molecule has 1 unspecified atom stereocenters. The number of nitrogens with one attached hydrogen (secondary N) is 1. The van der Waals surface area contributed by atoms with Crippen molar-refractivity contribution in [2.75, 3.05) is 0 Å². The predicted molar refractivity (Wildman–Crippen MR) is 49.2 cm³/mol. The predicted octanol–water partition coefficient (Wildman–Crippen LogP) is 1.09. The fourth-order valence-corrected chi connectivity index (χ4v) is 0.831. The number of nitrogen functional groups attached to an aromatic ring is 1. The number of hydrogen-bond acceptors (Lipinski definition) is 4. The maximum absolute atomic E-state index is 12.2. The molecular formula is C8H9F3N4O. The van der Waals surface area contributed by atoms with Gasteiger partial charge in [-0.05, 0) is 6.92 Å². The molecule has 1 atom stereocenters. The van der Waals surface area contributed by atoms with Gasteiger partial charge in [0.15, 0.2) is 11.8 Å². The summed E-state index contributed by atoms with van der Waals surface area (Å²) in [7, 11) is 0. The molecule has 88 valence electrons. The molecule has 16 heavy (non-hydrogen) atoms. The fourth-order valence-electron chi connectivity index (χ4n) is 0.831. The van der Waals surface area contributed by atoms with Crippen molar-refractivity contribution >= 4 is 5.84 Å². The molecule has 0 spiro atoms. The van der Waals surface area contributed by atoms with Crippen LogP contribution in [0.1, 0.15) is 12.6 Å². The molecule has 0 radical (unpaired) electrons. The lowest BCUT2D eigenvalue weighted by molar-refractivity contribution is -0.190. The number of aromatic nitrogens is 2. The molecule has 0 saturated heterocycles. The molecule has 0 amide bonds. The Hall–Kier alpha value is -1.86. The van der Waals surface area contributed by atoms with Crippen LogP contribution >= 0.6 is 0 Å². The van der Waals surface area contributed by atoms with E-state index in [0.717, 1.165) is 13.1 Å². The van der Waals surface area contributed by atoms with Crippen LogP contribution in [0.5, 0.6) is 5.88 Å². The van der Waals surface area contributed by atoms with Crippen molar-refractivity contribution in [3.05, 3.63) is 18.1 Å². The van der Waals surface area contributed by atoms with Crippen LogP contribution in [-0.4, -0.2) is 28.1 Å². The molecule has 0 aliphatic rings. The number of hydrogen-bond donors (Lipinski definition) is 2. The van der Waals surface area contributed by atoms with E-state index >= 15 is 0 Å². The second-order valence-corrected chi connectivity index (χ2v) is 2.93. The monoisotopic (exact) mass is 234 g/mol. The van der Waals surface area contributed by atoms with Crippen LogP contribution in [0.3, 0.4) is 0 Å². The minimum absolute atomic E-state index is 0.210. The molecule has 8 heteroatoms. The van der Waals surface area contributed by atoms with Gasteiger partial charge in [0.2, 0.25) is 5.88 Å². The first-order chi connectivity index (χ1) is 7.32. The highest BCUT2D eigenvalue weighted by molar-refractivity contribution is 5.94. The van der Waals surface area contributed by atoms with Crippen molar-refractivity contribution in [2.24, 2.45) is 5.73 Å². The number of alkyl halides is 3. The standard InChI is InChI=1S/C8H9F3N4O/c1-4(8(9,10)11)16-7-5(6(12)13)14-2-3-15-7/h2-4H,1H3,(H3,12,13). The molecule has 1 heterocycles. The van der Waals surface area contributed by atoms with E-state index in [9.17, 15) is 13.2 Å². The van der Waals surface area contributed by atoms with Crippen LogP contribution in [0.25, 0.3) is 0 Å². The molecule has 3 N–H and O–H groups in total. The Morgan fingerprint density at radius 3 is 2.50 bits per heavy atom. The average molecular weight is 234 g/mol. The molecule has 1 aromatic rings. The highest BCUT2D eigenvalue weighted by atomic mass is 19.4. The van der Waals surface area contributed by atoms with E-state index in [-0.39, 0.29) is 5.69 Å². The highest BCUT2D eigenvalue weighted by Crippen LogP contribution is 2.24. The summed E-state index contributed by atoms with van der Waals surface area (Å²) >= 11 is 0. The Morgan fingerprint density at radius 1 is 1.44 bits per heavy atom. The summed E-state index contributed by atoms with van der Waals surface area (Å²) in [6.45, 7) is 0.832. The molecule has 0 aromatic carbocycles. The minimum Gasteiger partial charge on any atom is -0.463 e. The van der Waals surface area contributed by atoms with Crippen molar-refractivity contribution in [1.29, 1.82) is 5.41 Å². The Bertz CT molecular complexity index is 393. The van der Waals surface area contributed by atoms with E-state index in [4.69, 9.17) is 11.1 Å². The zero-order valence-corrected chi connectivity index (χ0v) is 8.25. The number of halogens is 3. The summed E-state index contributed by atoms with van der Waals surface area (Å²) in [6, 6.07) is 0. The maximum atomic E-state index is 12.2. The SMILES string of the molecule is CC(Oc1nccnc1C(=N)N)C(F)(F)F. The normalized spacial score (nSPS) is 13.2. The van der Waals surface area contributed by atoms with Gasteiger partial charge in [0.1, 0.15) is 5.84 Å². The molecule has 0 aliphatic heterocycles. The van der Waals surface area contributed by atoms with E-state index in [1.54, 1.807) is 0 Å². The van der Waals surface area contributed by atoms with Crippen LogP contribution in [0.15, 0.2) is 12.4 Å². The average Bonchev–Trinajstić information content (AvgIpc) is 2.16. The topological polar surface area (TPSA) is 84.9 Å². The highest BCUT2D eigenvalue weighted by Gasteiger charge is 2.38. The van der Waals surface area contributed by atoms with Gasteiger partial charge in [0, 0.05) is 12.4 Å². The Kier molecular flexibility index (Phi) is 3.31. The third-order valence-corrected chi connectivity index (χ3v) is 1.67. The summed E-state index contributed by atoms with van der Waals surface area (Å²) in [5.74, 6) is -0.905. The van der Waals surface area contributed by atoms with Gasteiger partial charge < -0.3 is 10.5 Å². The first-order valence-electron chi connectivity index (χ1n) is 4.21. The van der Waals surface area contributed by atoms with Gasteiger partial charge in [-0.1, -0.05) is 0 Å². The Labute approximate surface area is 89.0 Å². The van der Waals surface area contributed by atoms with E-state index < -0.39 is 24.0 Å². The Morgan fingerprint density at radius 2 is 2.00 bits per heavy atom. The lowest BCUT2D eigenvalue weighted by Gasteiger charge is -2.17. The summed E-state index contributed by atoms with van der Waals surface area (Å²) in [5.41, 5.74) is 4.91. The van der Waals surface area contributed by atoms with Gasteiger partial charge in [-0.3, -0.25) is 5.41 Å². The molecule has 0 saturated carbocycles. The minimum atomic E-state index is -4.51. The molecule has 0 fully saturated rings. The third kappa shape index (κ3) is 2.81. The quantitative estimate of drug-likeness (QED) is 0.605. The molecule has 0 bridgehead atoms. The van der Waals surface area contributed by atoms with Gasteiger partial charge in [0.25, 0.3) is 0 Å². The number of ether oxygens (including phenoxy) is 1. The summed E-state index contributed by atoms with van der Waals surface area (Å²) < 4.78 is 41.2. The molecule has 1 rings (SSSR count). The van der Waals surface area contributed by atoms with E-state index in [1.807, 2.05) is 0 Å². The van der Waals surface area contributed by atoms with Crippen LogP contribution < -0.4 is 10.5 Å². The number of nitrogens with two attached hydrogens (primary N) is 1. The molecule has 5 nitrogen and oxygen atoms in total. The number of rotatable bonds is 3. The maximum Gasteiger partial charge on any atom is 0.425 e. The van der Waals surface area contributed by atoms with Crippen molar-refractivity contribution in [3.8, 4) is 5.88 Å². The second kappa shape index (κ2) is 4.33. The lowest BCUT2D eigenvalue weighted by Crippen LogP contribution is -2.32. The van der Waals surface area contributed by atoms with E-state index in [0.29, 0.717) is 0 Å². The van der Waals surface area contributed by atoms with Crippen molar-refractivity contribution in [2.45, 2.75) is 19.2 Å². The fraction of sp³-hybridized carbons (Fsp3) is 0.375. The van der Waals surface area contributed by atoms with E-state index in [2.05, 4.69) is 14.7 Å². The van der Waals surface area contributed by atoms with Crippen LogP contribution in [0.4, 0.5) is 13.2 Å². The largest absolute Gasteiger partial charge is 0.463 e. The van der Waals surface area contributed by atoms with Crippen molar-refractivity contribution in [1.82, 2.24) is 9.97 Å². The first-order valence-corrected chi connectivity index (χ1v) is 4.21. The summed E-state index contributed by atoms with van der Waals surface area (Å²) in [4.78, 5) is 7.16. The van der Waals surface area contributed by atoms with Gasteiger partial charge in [-0.25, -0.2) is 9.97 Å². The third-order valence-electron chi connectivity index (χ3n) is 1.67. The number of nitrogens with zero attached hydrogens (tertiary/aromatic N) is 2. The zero-order valence-electron chi connectivity index (χ0n) is 8.25. The van der Waals surface area contributed by atoms with Crippen LogP contribution in [0.2, 0.25) is 0 Å². The van der Waals surface area contributed by atoms with Crippen molar-refractivity contribution < 1.29 is 17.9 Å². The van der Waals surface area contributed by atoms with Gasteiger partial charge in [0.05, 0.1) is 0 Å².